The zero-order valence-electron chi connectivity index (χ0n) is 15.2. The molecule has 0 saturated carbocycles. The molecule has 0 bridgehead atoms. The monoisotopic (exact) mass is 336 g/mol. The molecule has 0 spiro atoms. The first-order valence-electron chi connectivity index (χ1n) is 9.48. The van der Waals surface area contributed by atoms with Crippen LogP contribution in [0.4, 0.5) is 0 Å². The molecular formula is C22H28N2O. The molecule has 25 heavy (non-hydrogen) atoms. The van der Waals surface area contributed by atoms with E-state index >= 15 is 0 Å². The van der Waals surface area contributed by atoms with Gasteiger partial charge < -0.3 is 4.74 Å². The Bertz CT molecular complexity index is 700. The molecule has 4 rings (SSSR count). The number of hydrogen-bond donors (Lipinski definition) is 0. The second-order valence-corrected chi connectivity index (χ2v) is 7.37. The normalized spacial score (nSPS) is 21.7. The van der Waals surface area contributed by atoms with Crippen LogP contribution in [0.2, 0.25) is 0 Å². The van der Waals surface area contributed by atoms with Crippen LogP contribution >= 0.6 is 0 Å². The van der Waals surface area contributed by atoms with E-state index in [9.17, 15) is 0 Å². The third kappa shape index (κ3) is 3.88. The van der Waals surface area contributed by atoms with Gasteiger partial charge in [0, 0.05) is 32.2 Å². The van der Waals surface area contributed by atoms with Crippen LogP contribution in [0, 0.1) is 0 Å². The van der Waals surface area contributed by atoms with Gasteiger partial charge in [-0.25, -0.2) is 0 Å². The lowest BCUT2D eigenvalue weighted by Crippen LogP contribution is -2.49. The van der Waals surface area contributed by atoms with Gasteiger partial charge in [-0.3, -0.25) is 9.80 Å². The van der Waals surface area contributed by atoms with Gasteiger partial charge in [0.15, 0.2) is 0 Å². The average molecular weight is 336 g/mol. The van der Waals surface area contributed by atoms with E-state index in [0.29, 0.717) is 6.04 Å². The number of benzene rings is 2. The standard InChI is InChI=1S/C22H28N2O/c1-25-22-10-9-19-11-13-24(16-20(19)14-22)21-8-5-12-23(17-21)15-18-6-3-2-4-7-18/h2-4,6-7,9-10,14,21H,5,8,11-13,15-17H2,1H3. The van der Waals surface area contributed by atoms with Crippen LogP contribution in [-0.2, 0) is 19.5 Å². The van der Waals surface area contributed by atoms with Crippen LogP contribution in [0.5, 0.6) is 5.75 Å². The van der Waals surface area contributed by atoms with Crippen molar-refractivity contribution in [2.75, 3.05) is 26.7 Å². The first-order valence-corrected chi connectivity index (χ1v) is 9.48. The van der Waals surface area contributed by atoms with Crippen molar-refractivity contribution in [2.24, 2.45) is 0 Å². The summed E-state index contributed by atoms with van der Waals surface area (Å²) in [5.41, 5.74) is 4.37. The first-order chi connectivity index (χ1) is 12.3. The Hall–Kier alpha value is -1.84. The third-order valence-electron chi connectivity index (χ3n) is 5.70. The third-order valence-corrected chi connectivity index (χ3v) is 5.70. The maximum atomic E-state index is 5.42. The highest BCUT2D eigenvalue weighted by Gasteiger charge is 2.28. The highest BCUT2D eigenvalue weighted by atomic mass is 16.5. The number of piperidine rings is 1. The Morgan fingerprint density at radius 1 is 1.04 bits per heavy atom. The minimum atomic E-state index is 0.678. The fourth-order valence-corrected chi connectivity index (χ4v) is 4.31. The maximum absolute atomic E-state index is 5.42. The molecular weight excluding hydrogens is 308 g/mol. The van der Waals surface area contributed by atoms with Crippen LogP contribution in [-0.4, -0.2) is 42.6 Å². The smallest absolute Gasteiger partial charge is 0.119 e. The molecule has 3 nitrogen and oxygen atoms in total. The molecule has 3 heteroatoms. The minimum Gasteiger partial charge on any atom is -0.497 e. The summed E-state index contributed by atoms with van der Waals surface area (Å²) >= 11 is 0. The van der Waals surface area contributed by atoms with Crippen molar-refractivity contribution < 1.29 is 4.74 Å². The van der Waals surface area contributed by atoms with E-state index in [-0.39, 0.29) is 0 Å². The van der Waals surface area contributed by atoms with Crippen molar-refractivity contribution in [1.82, 2.24) is 9.80 Å². The van der Waals surface area contributed by atoms with Crippen LogP contribution < -0.4 is 4.74 Å². The molecule has 0 N–H and O–H groups in total. The van der Waals surface area contributed by atoms with E-state index in [0.717, 1.165) is 25.3 Å². The summed E-state index contributed by atoms with van der Waals surface area (Å²) in [5, 5.41) is 0. The van der Waals surface area contributed by atoms with Crippen LogP contribution in [0.3, 0.4) is 0 Å². The zero-order chi connectivity index (χ0) is 17.1. The number of methoxy groups -OCH3 is 1. The van der Waals surface area contributed by atoms with Gasteiger partial charge in [-0.2, -0.15) is 0 Å². The van der Waals surface area contributed by atoms with Crippen LogP contribution in [0.1, 0.15) is 29.5 Å². The van der Waals surface area contributed by atoms with Gasteiger partial charge >= 0.3 is 0 Å². The number of fused-ring (bicyclic) bond motifs is 1. The van der Waals surface area contributed by atoms with Crippen molar-refractivity contribution >= 4 is 0 Å². The summed E-state index contributed by atoms with van der Waals surface area (Å²) in [5.74, 6) is 0.981. The molecule has 0 aliphatic carbocycles. The molecule has 2 aromatic carbocycles. The molecule has 2 heterocycles. The molecule has 132 valence electrons. The van der Waals surface area contributed by atoms with Crippen LogP contribution in [0.25, 0.3) is 0 Å². The lowest BCUT2D eigenvalue weighted by Gasteiger charge is -2.41. The van der Waals surface area contributed by atoms with Gasteiger partial charge in [0.05, 0.1) is 7.11 Å². The second kappa shape index (κ2) is 7.59. The number of likely N-dealkylation sites (tertiary alicyclic amines) is 1. The predicted octanol–water partition coefficient (Wildman–Crippen LogP) is 3.72. The molecule has 1 unspecified atom stereocenters. The highest BCUT2D eigenvalue weighted by Crippen LogP contribution is 2.27. The molecule has 1 fully saturated rings. The summed E-state index contributed by atoms with van der Waals surface area (Å²) in [7, 11) is 1.75. The zero-order valence-corrected chi connectivity index (χ0v) is 15.2. The molecule has 0 radical (unpaired) electrons. The SMILES string of the molecule is COc1ccc2c(c1)CN(C1CCCN(Cc3ccccc3)C1)CC2. The quantitative estimate of drug-likeness (QED) is 0.846. The summed E-state index contributed by atoms with van der Waals surface area (Å²) in [6.07, 6.45) is 3.79. The van der Waals surface area contributed by atoms with E-state index in [4.69, 9.17) is 4.74 Å². The average Bonchev–Trinajstić information content (AvgIpc) is 2.68. The van der Waals surface area contributed by atoms with Crippen molar-refractivity contribution in [1.29, 1.82) is 0 Å². The Kier molecular flexibility index (Phi) is 5.04. The lowest BCUT2D eigenvalue weighted by atomic mass is 9.95. The summed E-state index contributed by atoms with van der Waals surface area (Å²) in [4.78, 5) is 5.32. The number of rotatable bonds is 4. The fourth-order valence-electron chi connectivity index (χ4n) is 4.31. The number of hydrogen-bond acceptors (Lipinski definition) is 3. The van der Waals surface area contributed by atoms with E-state index < -0.39 is 0 Å². The lowest BCUT2D eigenvalue weighted by molar-refractivity contribution is 0.0838. The molecule has 0 aromatic heterocycles. The molecule has 2 aliphatic heterocycles. The number of nitrogens with zero attached hydrogens (tertiary/aromatic N) is 2. The largest absolute Gasteiger partial charge is 0.497 e. The van der Waals surface area contributed by atoms with E-state index in [2.05, 4.69) is 58.3 Å². The van der Waals surface area contributed by atoms with E-state index in [1.165, 1.54) is 49.2 Å². The topological polar surface area (TPSA) is 15.7 Å². The summed E-state index contributed by atoms with van der Waals surface area (Å²) < 4.78 is 5.42. The first kappa shape index (κ1) is 16.6. The van der Waals surface area contributed by atoms with Gasteiger partial charge in [0.2, 0.25) is 0 Å². The van der Waals surface area contributed by atoms with Crippen LogP contribution in [0.15, 0.2) is 48.5 Å². The summed E-state index contributed by atoms with van der Waals surface area (Å²) in [6, 6.07) is 18.1. The predicted molar refractivity (Wildman–Crippen MR) is 102 cm³/mol. The second-order valence-electron chi connectivity index (χ2n) is 7.37. The summed E-state index contributed by atoms with van der Waals surface area (Å²) in [6.45, 7) is 5.74. The van der Waals surface area contributed by atoms with E-state index in [1.54, 1.807) is 7.11 Å². The molecule has 1 saturated heterocycles. The highest BCUT2D eigenvalue weighted by molar-refractivity contribution is 5.37. The molecule has 2 aliphatic rings. The fraction of sp³-hybridized carbons (Fsp3) is 0.455. The van der Waals surface area contributed by atoms with Gasteiger partial charge in [-0.05, 0) is 54.6 Å². The Labute approximate surface area is 151 Å². The van der Waals surface area contributed by atoms with E-state index in [1.807, 2.05) is 0 Å². The number of ether oxygens (including phenoxy) is 1. The minimum absolute atomic E-state index is 0.678. The molecule has 0 amide bonds. The Morgan fingerprint density at radius 2 is 1.92 bits per heavy atom. The van der Waals surface area contributed by atoms with Gasteiger partial charge in [-0.1, -0.05) is 36.4 Å². The van der Waals surface area contributed by atoms with Crippen molar-refractivity contribution in [3.63, 3.8) is 0 Å². The van der Waals surface area contributed by atoms with Crippen molar-refractivity contribution in [3.05, 3.63) is 65.2 Å². The Balaban J connectivity index is 1.41. The van der Waals surface area contributed by atoms with Crippen molar-refractivity contribution in [2.45, 2.75) is 38.4 Å². The molecule has 1 atom stereocenters. The Morgan fingerprint density at radius 3 is 2.76 bits per heavy atom. The van der Waals surface area contributed by atoms with Gasteiger partial charge in [0.1, 0.15) is 5.75 Å². The van der Waals surface area contributed by atoms with Gasteiger partial charge in [-0.15, -0.1) is 0 Å². The van der Waals surface area contributed by atoms with Gasteiger partial charge in [0.25, 0.3) is 0 Å². The molecule has 2 aromatic rings. The van der Waals surface area contributed by atoms with Crippen molar-refractivity contribution in [3.8, 4) is 5.75 Å². The maximum Gasteiger partial charge on any atom is 0.119 e.